The Bertz CT molecular complexity index is 371. The average molecular weight is 279 g/mol. The van der Waals surface area contributed by atoms with Gasteiger partial charge >= 0.3 is 0 Å². The molecule has 0 bridgehead atoms. The highest BCUT2D eigenvalue weighted by atomic mass is 32.2. The highest BCUT2D eigenvalue weighted by Gasteiger charge is 2.27. The molecule has 0 aromatic heterocycles. The lowest BCUT2D eigenvalue weighted by Crippen LogP contribution is -2.42. The predicted octanol–water partition coefficient (Wildman–Crippen LogP) is 0.450. The molecule has 0 spiro atoms. The van der Waals surface area contributed by atoms with Gasteiger partial charge in [0.2, 0.25) is 15.9 Å². The second-order valence-electron chi connectivity index (χ2n) is 4.06. The summed E-state index contributed by atoms with van der Waals surface area (Å²) in [6, 6.07) is 0. The van der Waals surface area contributed by atoms with Crippen LogP contribution in [0.1, 0.15) is 19.8 Å². The Kier molecular flexibility index (Phi) is 7.81. The molecule has 0 heterocycles. The van der Waals surface area contributed by atoms with Gasteiger partial charge in [0.25, 0.3) is 0 Å². The zero-order chi connectivity index (χ0) is 14.2. The fraction of sp³-hybridized carbons (Fsp3) is 0.727. The normalized spacial score (nSPS) is 11.6. The lowest BCUT2D eigenvalue weighted by molar-refractivity contribution is -0.119. The summed E-state index contributed by atoms with van der Waals surface area (Å²) in [7, 11) is -0.993. The van der Waals surface area contributed by atoms with Crippen LogP contribution in [0.3, 0.4) is 0 Å². The van der Waals surface area contributed by atoms with Crippen molar-refractivity contribution in [2.75, 3.05) is 27.4 Å². The van der Waals surface area contributed by atoms with Gasteiger partial charge in [-0.3, -0.25) is 9.52 Å². The Morgan fingerprint density at radius 3 is 2.11 bits per heavy atom. The molecular weight excluding hydrogens is 258 g/mol. The zero-order valence-corrected chi connectivity index (χ0v) is 11.9. The smallest absolute Gasteiger partial charge is 0.242 e. The van der Waals surface area contributed by atoms with Crippen LogP contribution < -0.4 is 4.72 Å². The maximum Gasteiger partial charge on any atom is 0.242 e. The maximum absolute atomic E-state index is 11.9. The van der Waals surface area contributed by atoms with Gasteiger partial charge < -0.3 is 9.47 Å². The van der Waals surface area contributed by atoms with Crippen LogP contribution >= 0.6 is 0 Å². The van der Waals surface area contributed by atoms with Crippen LogP contribution in [0, 0.1) is 0 Å². The van der Waals surface area contributed by atoms with E-state index in [2.05, 4.69) is 6.58 Å². The van der Waals surface area contributed by atoms with Gasteiger partial charge in [-0.1, -0.05) is 5.57 Å². The van der Waals surface area contributed by atoms with Crippen LogP contribution in [0.5, 0.6) is 0 Å². The summed E-state index contributed by atoms with van der Waals surface area (Å²) in [5.41, 5.74) is 0.827. The second-order valence-corrected chi connectivity index (χ2v) is 6.02. The van der Waals surface area contributed by atoms with Gasteiger partial charge in [-0.05, 0) is 13.3 Å². The monoisotopic (exact) mass is 279 g/mol. The third-order valence-electron chi connectivity index (χ3n) is 2.18. The Hall–Kier alpha value is -0.920. The van der Waals surface area contributed by atoms with Crippen LogP contribution in [-0.2, 0) is 24.3 Å². The number of amides is 1. The highest BCUT2D eigenvalue weighted by molar-refractivity contribution is 7.90. The number of sulfonamides is 1. The van der Waals surface area contributed by atoms with Gasteiger partial charge in [0.05, 0.1) is 13.2 Å². The van der Waals surface area contributed by atoms with E-state index >= 15 is 0 Å². The summed E-state index contributed by atoms with van der Waals surface area (Å²) in [5, 5.41) is -0.902. The molecule has 0 unspecified atom stereocenters. The molecule has 0 aromatic rings. The molecule has 0 aromatic carbocycles. The molecule has 0 atom stereocenters. The first-order valence-corrected chi connectivity index (χ1v) is 7.04. The lowest BCUT2D eigenvalue weighted by atomic mass is 10.2. The van der Waals surface area contributed by atoms with Crippen molar-refractivity contribution < 1.29 is 22.7 Å². The van der Waals surface area contributed by atoms with E-state index in [9.17, 15) is 13.2 Å². The van der Waals surface area contributed by atoms with E-state index in [0.717, 1.165) is 5.57 Å². The van der Waals surface area contributed by atoms with Crippen LogP contribution in [0.4, 0.5) is 0 Å². The van der Waals surface area contributed by atoms with Gasteiger partial charge in [-0.15, -0.1) is 6.58 Å². The van der Waals surface area contributed by atoms with Crippen molar-refractivity contribution in [3.8, 4) is 0 Å². The molecule has 0 fully saturated rings. The Balaban J connectivity index is 4.50. The first-order valence-electron chi connectivity index (χ1n) is 5.50. The van der Waals surface area contributed by atoms with Crippen molar-refractivity contribution in [1.82, 2.24) is 4.72 Å². The molecule has 1 amide bonds. The molecule has 0 aliphatic carbocycles. The molecule has 7 heteroatoms. The topological polar surface area (TPSA) is 81.7 Å². The minimum Gasteiger partial charge on any atom is -0.383 e. The summed E-state index contributed by atoms with van der Waals surface area (Å²) < 4.78 is 35.3. The number of ether oxygens (including phenoxy) is 2. The van der Waals surface area contributed by atoms with Crippen LogP contribution in [0.25, 0.3) is 0 Å². The van der Waals surface area contributed by atoms with Gasteiger partial charge in [-0.25, -0.2) is 8.42 Å². The molecule has 106 valence electrons. The summed E-state index contributed by atoms with van der Waals surface area (Å²) in [5.74, 6) is -0.546. The van der Waals surface area contributed by atoms with E-state index in [0.29, 0.717) is 6.42 Å². The summed E-state index contributed by atoms with van der Waals surface area (Å²) in [6.45, 7) is 5.36. The standard InChI is InChI=1S/C11H21NO5S/c1-9(2)5-6-11(13)12-18(14,15)10(7-16-3)8-17-4/h10H,1,5-8H2,2-4H3,(H,12,13). The van der Waals surface area contributed by atoms with Gasteiger partial charge in [-0.2, -0.15) is 0 Å². The van der Waals surface area contributed by atoms with E-state index < -0.39 is 21.2 Å². The van der Waals surface area contributed by atoms with Crippen molar-refractivity contribution in [3.63, 3.8) is 0 Å². The summed E-state index contributed by atoms with van der Waals surface area (Å²) in [6.07, 6.45) is 0.557. The van der Waals surface area contributed by atoms with Crippen LogP contribution in [-0.4, -0.2) is 47.0 Å². The number of hydrogen-bond donors (Lipinski definition) is 1. The van der Waals surface area contributed by atoms with E-state index in [1.54, 1.807) is 6.92 Å². The van der Waals surface area contributed by atoms with Gasteiger partial charge in [0.1, 0.15) is 5.25 Å². The molecule has 0 radical (unpaired) electrons. The minimum absolute atomic E-state index is 0.0308. The molecule has 0 aliphatic rings. The van der Waals surface area contributed by atoms with Gasteiger partial charge in [0.15, 0.2) is 0 Å². The minimum atomic E-state index is -3.77. The molecule has 0 aliphatic heterocycles. The number of allylic oxidation sites excluding steroid dienone is 1. The first-order chi connectivity index (χ1) is 8.33. The van der Waals surface area contributed by atoms with Gasteiger partial charge in [0, 0.05) is 20.6 Å². The number of methoxy groups -OCH3 is 2. The summed E-state index contributed by atoms with van der Waals surface area (Å²) in [4.78, 5) is 11.5. The third-order valence-corrected chi connectivity index (χ3v) is 3.84. The van der Waals surface area contributed by atoms with E-state index in [-0.39, 0.29) is 19.6 Å². The zero-order valence-electron chi connectivity index (χ0n) is 11.1. The number of hydrogen-bond acceptors (Lipinski definition) is 5. The number of rotatable bonds is 9. The number of carbonyl (C=O) groups is 1. The average Bonchev–Trinajstić information content (AvgIpc) is 2.25. The molecule has 1 N–H and O–H groups in total. The van der Waals surface area contributed by atoms with E-state index in [1.165, 1.54) is 14.2 Å². The molecule has 0 saturated heterocycles. The van der Waals surface area contributed by atoms with Crippen molar-refractivity contribution in [1.29, 1.82) is 0 Å². The van der Waals surface area contributed by atoms with Crippen LogP contribution in [0.15, 0.2) is 12.2 Å². The molecule has 6 nitrogen and oxygen atoms in total. The fourth-order valence-electron chi connectivity index (χ4n) is 1.22. The second kappa shape index (κ2) is 8.23. The van der Waals surface area contributed by atoms with Crippen molar-refractivity contribution >= 4 is 15.9 Å². The Labute approximate surface area is 108 Å². The maximum atomic E-state index is 11.9. The largest absolute Gasteiger partial charge is 0.383 e. The number of carbonyl (C=O) groups excluding carboxylic acids is 1. The summed E-state index contributed by atoms with van der Waals surface area (Å²) >= 11 is 0. The van der Waals surface area contributed by atoms with E-state index in [4.69, 9.17) is 9.47 Å². The first kappa shape index (κ1) is 17.1. The van der Waals surface area contributed by atoms with E-state index in [1.807, 2.05) is 4.72 Å². The Morgan fingerprint density at radius 2 is 1.72 bits per heavy atom. The van der Waals surface area contributed by atoms with Crippen molar-refractivity contribution in [3.05, 3.63) is 12.2 Å². The quantitative estimate of drug-likeness (QED) is 0.620. The fourth-order valence-corrected chi connectivity index (χ4v) is 2.44. The van der Waals surface area contributed by atoms with Crippen molar-refractivity contribution in [2.45, 2.75) is 25.0 Å². The number of nitrogens with one attached hydrogen (secondary N) is 1. The molecule has 0 rings (SSSR count). The molecular formula is C11H21NO5S. The lowest BCUT2D eigenvalue weighted by Gasteiger charge is -2.16. The molecule has 18 heavy (non-hydrogen) atoms. The van der Waals surface area contributed by atoms with Crippen LogP contribution in [0.2, 0.25) is 0 Å². The van der Waals surface area contributed by atoms with Crippen molar-refractivity contribution in [2.24, 2.45) is 0 Å². The Morgan fingerprint density at radius 1 is 1.22 bits per heavy atom. The third kappa shape index (κ3) is 6.73. The SMILES string of the molecule is C=C(C)CCC(=O)NS(=O)(=O)C(COC)COC. The highest BCUT2D eigenvalue weighted by Crippen LogP contribution is 2.04. The predicted molar refractivity (Wildman–Crippen MR) is 68.7 cm³/mol. The molecule has 0 saturated carbocycles.